The molecule has 1 aromatic rings. The summed E-state index contributed by atoms with van der Waals surface area (Å²) in [5, 5.41) is 24.4. The summed E-state index contributed by atoms with van der Waals surface area (Å²) in [6, 6.07) is 2.81. The van der Waals surface area contributed by atoms with Gasteiger partial charge in [-0.25, -0.2) is 0 Å². The minimum atomic E-state index is -0.902. The molecule has 0 fully saturated rings. The van der Waals surface area contributed by atoms with Gasteiger partial charge in [-0.2, -0.15) is 0 Å². The summed E-state index contributed by atoms with van der Waals surface area (Å²) < 4.78 is 10.2. The van der Waals surface area contributed by atoms with E-state index in [0.717, 1.165) is 0 Å². The summed E-state index contributed by atoms with van der Waals surface area (Å²) in [6.07, 6.45) is 1.11. The lowest BCUT2D eigenvalue weighted by Gasteiger charge is -2.26. The average Bonchev–Trinajstić information content (AvgIpc) is 2.51. The van der Waals surface area contributed by atoms with Gasteiger partial charge in [0.25, 0.3) is 5.69 Å². The van der Waals surface area contributed by atoms with Crippen molar-refractivity contribution >= 4 is 11.4 Å². The average molecular weight is 298 g/mol. The van der Waals surface area contributed by atoms with Crippen molar-refractivity contribution in [1.29, 1.82) is 0 Å². The Hall–Kier alpha value is -2.02. The maximum absolute atomic E-state index is 11.2. The van der Waals surface area contributed by atoms with Gasteiger partial charge in [-0.05, 0) is 12.8 Å². The number of benzene rings is 1. The Morgan fingerprint density at radius 2 is 1.76 bits per heavy atom. The molecule has 0 saturated heterocycles. The number of rotatable bonds is 8. The fourth-order valence-electron chi connectivity index (χ4n) is 1.92. The summed E-state index contributed by atoms with van der Waals surface area (Å²) in [5.41, 5.74) is -0.735. The maximum Gasteiger partial charge on any atom is 0.296 e. The molecule has 0 amide bonds. The molecule has 2 N–H and O–H groups in total. The minimum Gasteiger partial charge on any atom is -0.493 e. The second-order valence-corrected chi connectivity index (χ2v) is 4.77. The normalized spacial score (nSPS) is 11.1. The number of anilines is 1. The monoisotopic (exact) mass is 298 g/mol. The third-order valence-corrected chi connectivity index (χ3v) is 3.62. The zero-order valence-corrected chi connectivity index (χ0v) is 12.8. The third-order valence-electron chi connectivity index (χ3n) is 3.62. The molecule has 1 rings (SSSR count). The van der Waals surface area contributed by atoms with Crippen LogP contribution in [-0.2, 0) is 0 Å². The first-order chi connectivity index (χ1) is 9.90. The fourth-order valence-corrected chi connectivity index (χ4v) is 1.92. The Balaban J connectivity index is 3.12. The second-order valence-electron chi connectivity index (χ2n) is 4.77. The maximum atomic E-state index is 11.2. The molecule has 0 aromatic heterocycles. The largest absolute Gasteiger partial charge is 0.493 e. The highest BCUT2D eigenvalue weighted by Crippen LogP contribution is 2.37. The molecule has 21 heavy (non-hydrogen) atoms. The van der Waals surface area contributed by atoms with Crippen molar-refractivity contribution in [2.75, 3.05) is 26.1 Å². The summed E-state index contributed by atoms with van der Waals surface area (Å²) in [7, 11) is 2.88. The second kappa shape index (κ2) is 7.12. The quantitative estimate of drug-likeness (QED) is 0.566. The molecule has 0 aliphatic carbocycles. The van der Waals surface area contributed by atoms with Gasteiger partial charge in [-0.15, -0.1) is 0 Å². The Kier molecular flexibility index (Phi) is 5.78. The van der Waals surface area contributed by atoms with Gasteiger partial charge in [0.15, 0.2) is 11.5 Å². The van der Waals surface area contributed by atoms with Gasteiger partial charge in [0.1, 0.15) is 5.69 Å². The van der Waals surface area contributed by atoms with Crippen LogP contribution in [0.5, 0.6) is 11.5 Å². The Morgan fingerprint density at radius 1 is 1.24 bits per heavy atom. The zero-order valence-electron chi connectivity index (χ0n) is 12.8. The smallest absolute Gasteiger partial charge is 0.296 e. The third kappa shape index (κ3) is 3.98. The van der Waals surface area contributed by atoms with E-state index in [1.54, 1.807) is 0 Å². The van der Waals surface area contributed by atoms with Gasteiger partial charge in [0.05, 0.1) is 30.8 Å². The molecule has 7 heteroatoms. The molecular weight excluding hydrogens is 276 g/mol. The van der Waals surface area contributed by atoms with Gasteiger partial charge < -0.3 is 19.9 Å². The predicted octanol–water partition coefficient (Wildman–Crippen LogP) is 2.58. The molecule has 0 heterocycles. The SMILES string of the molecule is CCC(O)(CC)CNc1cc(OC)c(OC)cc1[N+](=O)[O-]. The highest BCUT2D eigenvalue weighted by Gasteiger charge is 2.25. The van der Waals surface area contributed by atoms with Crippen LogP contribution in [0, 0.1) is 10.1 Å². The molecular formula is C14H22N2O5. The van der Waals surface area contributed by atoms with Crippen LogP contribution in [0.15, 0.2) is 12.1 Å². The molecule has 0 saturated carbocycles. The number of nitro benzene ring substituents is 1. The van der Waals surface area contributed by atoms with Crippen LogP contribution in [0.25, 0.3) is 0 Å². The number of hydrogen-bond donors (Lipinski definition) is 2. The van der Waals surface area contributed by atoms with Crippen molar-refractivity contribution in [1.82, 2.24) is 0 Å². The Labute approximate surface area is 124 Å². The number of nitrogens with zero attached hydrogens (tertiary/aromatic N) is 1. The molecule has 0 atom stereocenters. The molecule has 1 aromatic carbocycles. The number of aliphatic hydroxyl groups is 1. The fraction of sp³-hybridized carbons (Fsp3) is 0.571. The zero-order chi connectivity index (χ0) is 16.0. The van der Waals surface area contributed by atoms with Gasteiger partial charge in [0, 0.05) is 12.6 Å². The van der Waals surface area contributed by atoms with Gasteiger partial charge >= 0.3 is 0 Å². The van der Waals surface area contributed by atoms with Crippen LogP contribution >= 0.6 is 0 Å². The summed E-state index contributed by atoms with van der Waals surface area (Å²) in [6.45, 7) is 3.96. The summed E-state index contributed by atoms with van der Waals surface area (Å²) >= 11 is 0. The van der Waals surface area contributed by atoms with Gasteiger partial charge in [-0.1, -0.05) is 13.8 Å². The standard InChI is InChI=1S/C14H22N2O5/c1-5-14(17,6-2)9-15-10-7-12(20-3)13(21-4)8-11(10)16(18)19/h7-8,15,17H,5-6,9H2,1-4H3. The van der Waals surface area contributed by atoms with E-state index in [4.69, 9.17) is 9.47 Å². The molecule has 0 spiro atoms. The van der Waals surface area contributed by atoms with Crippen LogP contribution in [-0.4, -0.2) is 36.4 Å². The van der Waals surface area contributed by atoms with Crippen molar-refractivity contribution in [2.24, 2.45) is 0 Å². The van der Waals surface area contributed by atoms with Crippen molar-refractivity contribution in [3.8, 4) is 11.5 Å². The molecule has 0 bridgehead atoms. The number of ether oxygens (including phenoxy) is 2. The van der Waals surface area contributed by atoms with Crippen LogP contribution in [0.1, 0.15) is 26.7 Å². The molecule has 0 unspecified atom stereocenters. The van der Waals surface area contributed by atoms with Crippen molar-refractivity contribution < 1.29 is 19.5 Å². The van der Waals surface area contributed by atoms with E-state index in [9.17, 15) is 15.2 Å². The van der Waals surface area contributed by atoms with Crippen molar-refractivity contribution in [2.45, 2.75) is 32.3 Å². The lowest BCUT2D eigenvalue weighted by molar-refractivity contribution is -0.384. The van der Waals surface area contributed by atoms with Gasteiger partial charge in [-0.3, -0.25) is 10.1 Å². The lowest BCUT2D eigenvalue weighted by Crippen LogP contribution is -2.35. The number of nitrogens with one attached hydrogen (secondary N) is 1. The minimum absolute atomic E-state index is 0.123. The van der Waals surface area contributed by atoms with Crippen LogP contribution in [0.2, 0.25) is 0 Å². The van der Waals surface area contributed by atoms with Gasteiger partial charge in [0.2, 0.25) is 0 Å². The number of nitro groups is 1. The van der Waals surface area contributed by atoms with Crippen LogP contribution in [0.4, 0.5) is 11.4 Å². The first kappa shape index (κ1) is 17.0. The van der Waals surface area contributed by atoms with E-state index in [1.165, 1.54) is 26.4 Å². The first-order valence-corrected chi connectivity index (χ1v) is 6.77. The predicted molar refractivity (Wildman–Crippen MR) is 80.2 cm³/mol. The first-order valence-electron chi connectivity index (χ1n) is 6.77. The topological polar surface area (TPSA) is 93.9 Å². The molecule has 0 aliphatic rings. The van der Waals surface area contributed by atoms with Crippen molar-refractivity contribution in [3.05, 3.63) is 22.2 Å². The Morgan fingerprint density at radius 3 is 2.19 bits per heavy atom. The lowest BCUT2D eigenvalue weighted by atomic mass is 9.97. The van der Waals surface area contributed by atoms with E-state index in [1.807, 2.05) is 13.8 Å². The van der Waals surface area contributed by atoms with E-state index >= 15 is 0 Å². The number of hydrogen-bond acceptors (Lipinski definition) is 6. The Bertz CT molecular complexity index is 500. The molecule has 7 nitrogen and oxygen atoms in total. The highest BCUT2D eigenvalue weighted by atomic mass is 16.6. The summed E-state index contributed by atoms with van der Waals surface area (Å²) in [5.74, 6) is 0.679. The van der Waals surface area contributed by atoms with E-state index in [0.29, 0.717) is 18.6 Å². The van der Waals surface area contributed by atoms with Crippen LogP contribution in [0.3, 0.4) is 0 Å². The number of methoxy groups -OCH3 is 2. The van der Waals surface area contributed by atoms with E-state index in [2.05, 4.69) is 5.32 Å². The van der Waals surface area contributed by atoms with E-state index < -0.39 is 10.5 Å². The summed E-state index contributed by atoms with van der Waals surface area (Å²) in [4.78, 5) is 10.7. The van der Waals surface area contributed by atoms with Crippen molar-refractivity contribution in [3.63, 3.8) is 0 Å². The molecule has 0 radical (unpaired) electrons. The van der Waals surface area contributed by atoms with Crippen LogP contribution < -0.4 is 14.8 Å². The highest BCUT2D eigenvalue weighted by molar-refractivity contribution is 5.68. The molecule has 118 valence electrons. The molecule has 0 aliphatic heterocycles. The van der Waals surface area contributed by atoms with E-state index in [-0.39, 0.29) is 23.7 Å².